The summed E-state index contributed by atoms with van der Waals surface area (Å²) in [5, 5.41) is 3.94. The van der Waals surface area contributed by atoms with Crippen molar-refractivity contribution in [3.05, 3.63) is 57.7 Å². The number of fused-ring (bicyclic) bond motifs is 3. The first-order valence-corrected chi connectivity index (χ1v) is 12.8. The summed E-state index contributed by atoms with van der Waals surface area (Å²) in [5.74, 6) is -2.69. The number of alkyl halides is 2. The number of hydrogen-bond donors (Lipinski definition) is 1. The highest BCUT2D eigenvalue weighted by Gasteiger charge is 2.22. The van der Waals surface area contributed by atoms with Gasteiger partial charge in [0.2, 0.25) is 5.91 Å². The van der Waals surface area contributed by atoms with Crippen molar-refractivity contribution in [2.45, 2.75) is 48.0 Å². The fraction of sp³-hybridized carbons (Fsp3) is 0.318. The lowest BCUT2D eigenvalue weighted by atomic mass is 9.97. The third kappa shape index (κ3) is 5.07. The predicted octanol–water partition coefficient (Wildman–Crippen LogP) is 5.57. The molecule has 0 bridgehead atoms. The van der Waals surface area contributed by atoms with Gasteiger partial charge < -0.3 is 5.32 Å². The first kappa shape index (κ1) is 23.0. The van der Waals surface area contributed by atoms with E-state index in [-0.39, 0.29) is 17.2 Å². The Morgan fingerprint density at radius 1 is 1.28 bits per heavy atom. The van der Waals surface area contributed by atoms with E-state index in [9.17, 15) is 18.4 Å². The fourth-order valence-corrected chi connectivity index (χ4v) is 6.28. The molecule has 32 heavy (non-hydrogen) atoms. The van der Waals surface area contributed by atoms with Crippen LogP contribution in [0, 0.1) is 0 Å². The number of carbonyl (C=O) groups excluding carboxylic acids is 1. The summed E-state index contributed by atoms with van der Waals surface area (Å²) >= 11 is 3.23. The maximum atomic E-state index is 13.2. The summed E-state index contributed by atoms with van der Waals surface area (Å²) in [4.78, 5) is 32.8. The predicted molar refractivity (Wildman–Crippen MR) is 128 cm³/mol. The second-order valence-corrected chi connectivity index (χ2v) is 10.3. The Labute approximate surface area is 196 Å². The van der Waals surface area contributed by atoms with Crippen molar-refractivity contribution in [1.29, 1.82) is 0 Å². The zero-order chi connectivity index (χ0) is 22.7. The maximum absolute atomic E-state index is 13.2. The van der Waals surface area contributed by atoms with Gasteiger partial charge in [-0.15, -0.1) is 17.9 Å². The molecule has 0 atom stereocenters. The molecule has 0 radical (unpaired) electrons. The van der Waals surface area contributed by atoms with Crippen LogP contribution in [0.25, 0.3) is 10.2 Å². The summed E-state index contributed by atoms with van der Waals surface area (Å²) in [6.07, 6.45) is 5.75. The van der Waals surface area contributed by atoms with E-state index >= 15 is 0 Å². The first-order chi connectivity index (χ1) is 15.5. The smallest absolute Gasteiger partial charge is 0.288 e. The molecule has 4 rings (SSSR count). The number of anilines is 1. The number of halogens is 2. The summed E-state index contributed by atoms with van der Waals surface area (Å²) in [5.41, 5.74) is 1.57. The number of rotatable bonds is 8. The summed E-state index contributed by atoms with van der Waals surface area (Å²) < 4.78 is 26.4. The quantitative estimate of drug-likeness (QED) is 0.253. The molecule has 0 saturated heterocycles. The normalized spacial score (nSPS) is 13.3. The van der Waals surface area contributed by atoms with Gasteiger partial charge in [-0.05, 0) is 55.5 Å². The van der Waals surface area contributed by atoms with Gasteiger partial charge in [0, 0.05) is 22.0 Å². The van der Waals surface area contributed by atoms with Crippen LogP contribution < -0.4 is 10.9 Å². The van der Waals surface area contributed by atoms with Crippen molar-refractivity contribution in [1.82, 2.24) is 9.55 Å². The summed E-state index contributed by atoms with van der Waals surface area (Å²) in [6.45, 7) is 4.07. The Morgan fingerprint density at radius 2 is 2.03 bits per heavy atom. The van der Waals surface area contributed by atoms with Crippen LogP contribution in [-0.4, -0.2) is 27.0 Å². The monoisotopic (exact) mass is 493 g/mol. The van der Waals surface area contributed by atoms with Crippen LogP contribution in [0.5, 0.6) is 0 Å². The van der Waals surface area contributed by atoms with Gasteiger partial charge in [0.25, 0.3) is 11.3 Å². The molecule has 5 nitrogen and oxygen atoms in total. The van der Waals surface area contributed by atoms with Crippen molar-refractivity contribution in [3.8, 4) is 0 Å². The minimum atomic E-state index is -2.49. The zero-order valence-corrected chi connectivity index (χ0v) is 19.6. The Morgan fingerprint density at radius 3 is 2.75 bits per heavy atom. The van der Waals surface area contributed by atoms with Crippen LogP contribution >= 0.6 is 34.9 Å². The highest BCUT2D eigenvalue weighted by atomic mass is 32.2. The van der Waals surface area contributed by atoms with Crippen molar-refractivity contribution in [3.63, 3.8) is 0 Å². The van der Waals surface area contributed by atoms with E-state index in [1.165, 1.54) is 28.8 Å². The van der Waals surface area contributed by atoms with Gasteiger partial charge >= 0.3 is 0 Å². The van der Waals surface area contributed by atoms with Crippen LogP contribution in [0.15, 0.2) is 51.8 Å². The van der Waals surface area contributed by atoms with Crippen LogP contribution in [0.4, 0.5) is 14.5 Å². The van der Waals surface area contributed by atoms with Gasteiger partial charge in [-0.2, -0.15) is 8.78 Å². The Balaban J connectivity index is 1.51. The highest BCUT2D eigenvalue weighted by Crippen LogP contribution is 2.34. The van der Waals surface area contributed by atoms with E-state index in [1.54, 1.807) is 34.1 Å². The number of nitrogens with zero attached hydrogens (tertiary/aromatic N) is 2. The van der Waals surface area contributed by atoms with Crippen molar-refractivity contribution < 1.29 is 13.6 Å². The second kappa shape index (κ2) is 10.2. The average molecular weight is 494 g/mol. The summed E-state index contributed by atoms with van der Waals surface area (Å²) in [7, 11) is 0. The van der Waals surface area contributed by atoms with Gasteiger partial charge in [-0.1, -0.05) is 29.6 Å². The number of carbonyl (C=O) groups is 1. The van der Waals surface area contributed by atoms with Gasteiger partial charge in [-0.25, -0.2) is 4.98 Å². The molecule has 2 aromatic heterocycles. The minimum absolute atomic E-state index is 0.0632. The number of thiophene rings is 1. The van der Waals surface area contributed by atoms with Crippen molar-refractivity contribution >= 4 is 56.7 Å². The summed E-state index contributed by atoms with van der Waals surface area (Å²) in [6, 6.07) is 6.24. The maximum Gasteiger partial charge on any atom is 0.288 e. The lowest BCUT2D eigenvalue weighted by Crippen LogP contribution is -2.24. The molecule has 168 valence electrons. The lowest BCUT2D eigenvalue weighted by molar-refractivity contribution is -0.113. The average Bonchev–Trinajstić information content (AvgIpc) is 3.14. The SMILES string of the molecule is C=CCn1c(SCC(=O)Nc2ccc(SC(F)F)cc2)nc2sc3c(c2c1=O)CCCC3. The molecule has 1 aliphatic carbocycles. The van der Waals surface area contributed by atoms with Crippen LogP contribution in [-0.2, 0) is 24.2 Å². The van der Waals surface area contributed by atoms with Gasteiger partial charge in [0.1, 0.15) is 4.83 Å². The number of hydrogen-bond acceptors (Lipinski definition) is 6. The molecule has 0 spiro atoms. The van der Waals surface area contributed by atoms with E-state index in [0.29, 0.717) is 39.4 Å². The largest absolute Gasteiger partial charge is 0.325 e. The van der Waals surface area contributed by atoms with E-state index in [4.69, 9.17) is 4.98 Å². The van der Waals surface area contributed by atoms with Crippen molar-refractivity contribution in [2.75, 3.05) is 11.1 Å². The number of aromatic nitrogens is 2. The van der Waals surface area contributed by atoms with Gasteiger partial charge in [0.15, 0.2) is 5.16 Å². The third-order valence-corrected chi connectivity index (χ3v) is 7.93. The molecule has 0 fully saturated rings. The highest BCUT2D eigenvalue weighted by molar-refractivity contribution is 8.00. The topological polar surface area (TPSA) is 64.0 Å². The molecule has 0 aliphatic heterocycles. The number of benzene rings is 1. The van der Waals surface area contributed by atoms with E-state index in [0.717, 1.165) is 36.1 Å². The molecule has 1 amide bonds. The Bertz CT molecular complexity index is 1210. The van der Waals surface area contributed by atoms with Gasteiger partial charge in [-0.3, -0.25) is 14.2 Å². The third-order valence-electron chi connectivity index (χ3n) is 5.05. The number of allylic oxidation sites excluding steroid dienone is 1. The second-order valence-electron chi connectivity index (χ2n) is 7.23. The first-order valence-electron chi connectivity index (χ1n) is 10.1. The number of aryl methyl sites for hydroxylation is 2. The Kier molecular flexibility index (Phi) is 7.32. The molecule has 2 heterocycles. The van der Waals surface area contributed by atoms with Crippen LogP contribution in [0.1, 0.15) is 23.3 Å². The number of nitrogens with one attached hydrogen (secondary N) is 1. The minimum Gasteiger partial charge on any atom is -0.325 e. The zero-order valence-electron chi connectivity index (χ0n) is 17.1. The number of amides is 1. The van der Waals surface area contributed by atoms with Gasteiger partial charge in [0.05, 0.1) is 11.1 Å². The molecular weight excluding hydrogens is 472 g/mol. The fourth-order valence-electron chi connectivity index (χ4n) is 3.67. The van der Waals surface area contributed by atoms with Crippen molar-refractivity contribution in [2.24, 2.45) is 0 Å². The standard InChI is InChI=1S/C22H21F2N3O2S3/c1-2-11-27-20(29)18-15-5-3-4-6-16(15)32-19(18)26-22(27)30-12-17(28)25-13-7-9-14(10-8-13)31-21(23)24/h2,7-10,21H,1,3-6,11-12H2,(H,25,28). The molecule has 1 aliphatic rings. The van der Waals surface area contributed by atoms with E-state index in [2.05, 4.69) is 11.9 Å². The molecule has 0 saturated carbocycles. The Hall–Kier alpha value is -2.17. The van der Waals surface area contributed by atoms with Crippen LogP contribution in [0.2, 0.25) is 0 Å². The molecular formula is C22H21F2N3O2S3. The molecule has 0 unspecified atom stereocenters. The lowest BCUT2D eigenvalue weighted by Gasteiger charge is -2.12. The molecule has 1 N–H and O–H groups in total. The number of thioether (sulfide) groups is 2. The van der Waals surface area contributed by atoms with E-state index < -0.39 is 5.76 Å². The van der Waals surface area contributed by atoms with E-state index in [1.807, 2.05) is 0 Å². The molecule has 10 heteroatoms. The molecule has 3 aromatic rings. The molecule has 1 aromatic carbocycles. The van der Waals surface area contributed by atoms with Crippen LogP contribution in [0.3, 0.4) is 0 Å².